The maximum Gasteiger partial charge on any atom is 0.0519 e. The number of hydrogen-bond donors (Lipinski definition) is 0. The van der Waals surface area contributed by atoms with Crippen molar-refractivity contribution < 1.29 is 4.74 Å². The first-order chi connectivity index (χ1) is 8.11. The number of ether oxygens (including phenoxy) is 1. The molecule has 0 radical (unpaired) electrons. The van der Waals surface area contributed by atoms with Crippen LogP contribution >= 0.6 is 0 Å². The zero-order valence-corrected chi connectivity index (χ0v) is 12.8. The third-order valence-electron chi connectivity index (χ3n) is 4.05. The van der Waals surface area contributed by atoms with Crippen LogP contribution in [-0.2, 0) is 4.74 Å². The second kappa shape index (κ2) is 9.94. The van der Waals surface area contributed by atoms with Gasteiger partial charge in [-0.3, -0.25) is 0 Å². The van der Waals surface area contributed by atoms with Gasteiger partial charge in [0.1, 0.15) is 0 Å². The van der Waals surface area contributed by atoms with Crippen molar-refractivity contribution in [2.24, 2.45) is 11.3 Å². The van der Waals surface area contributed by atoms with Crippen LogP contribution in [0.4, 0.5) is 0 Å². The van der Waals surface area contributed by atoms with E-state index in [4.69, 9.17) is 4.74 Å². The second-order valence-corrected chi connectivity index (χ2v) is 5.85. The van der Waals surface area contributed by atoms with Crippen molar-refractivity contribution in [3.05, 3.63) is 0 Å². The third-order valence-corrected chi connectivity index (χ3v) is 4.05. The van der Waals surface area contributed by atoms with E-state index in [0.717, 1.165) is 19.1 Å². The molecule has 0 heterocycles. The SMILES string of the molecule is CCCC[C@H](CC)COCC(C)(CC)CCC. The molecule has 1 unspecified atom stereocenters. The molecule has 17 heavy (non-hydrogen) atoms. The lowest BCUT2D eigenvalue weighted by Crippen LogP contribution is -2.24. The zero-order chi connectivity index (χ0) is 13.1. The van der Waals surface area contributed by atoms with Gasteiger partial charge in [-0.25, -0.2) is 0 Å². The Hall–Kier alpha value is -0.0400. The molecule has 0 saturated carbocycles. The predicted octanol–water partition coefficient (Wildman–Crippen LogP) is 5.44. The summed E-state index contributed by atoms with van der Waals surface area (Å²) >= 11 is 0. The van der Waals surface area contributed by atoms with Crippen LogP contribution in [0.2, 0.25) is 0 Å². The Bertz CT molecular complexity index is 167. The Labute approximate surface area is 109 Å². The zero-order valence-electron chi connectivity index (χ0n) is 12.8. The van der Waals surface area contributed by atoms with Crippen molar-refractivity contribution >= 4 is 0 Å². The Morgan fingerprint density at radius 1 is 1.06 bits per heavy atom. The molecule has 1 nitrogen and oxygen atoms in total. The van der Waals surface area contributed by atoms with Crippen molar-refractivity contribution in [2.45, 2.75) is 79.6 Å². The topological polar surface area (TPSA) is 9.23 Å². The van der Waals surface area contributed by atoms with E-state index in [1.165, 1.54) is 44.9 Å². The lowest BCUT2D eigenvalue weighted by atomic mass is 9.84. The summed E-state index contributed by atoms with van der Waals surface area (Å²) in [5.74, 6) is 0.776. The first-order valence-corrected chi connectivity index (χ1v) is 7.69. The minimum atomic E-state index is 0.401. The summed E-state index contributed by atoms with van der Waals surface area (Å²) in [7, 11) is 0. The second-order valence-electron chi connectivity index (χ2n) is 5.85. The Morgan fingerprint density at radius 2 is 1.76 bits per heavy atom. The van der Waals surface area contributed by atoms with Gasteiger partial charge in [0.05, 0.1) is 6.61 Å². The fourth-order valence-corrected chi connectivity index (χ4v) is 2.32. The Kier molecular flexibility index (Phi) is 9.91. The van der Waals surface area contributed by atoms with Crippen molar-refractivity contribution in [2.75, 3.05) is 13.2 Å². The van der Waals surface area contributed by atoms with Crippen LogP contribution in [0.1, 0.15) is 79.6 Å². The van der Waals surface area contributed by atoms with E-state index in [-0.39, 0.29) is 0 Å². The molecule has 0 aliphatic rings. The Morgan fingerprint density at radius 3 is 2.24 bits per heavy atom. The lowest BCUT2D eigenvalue weighted by molar-refractivity contribution is 0.0234. The van der Waals surface area contributed by atoms with E-state index in [1.807, 2.05) is 0 Å². The van der Waals surface area contributed by atoms with Crippen LogP contribution < -0.4 is 0 Å². The molecule has 0 aromatic carbocycles. The van der Waals surface area contributed by atoms with Crippen molar-refractivity contribution in [1.29, 1.82) is 0 Å². The molecule has 0 aliphatic heterocycles. The fraction of sp³-hybridized carbons (Fsp3) is 1.00. The van der Waals surface area contributed by atoms with Crippen LogP contribution in [-0.4, -0.2) is 13.2 Å². The molecule has 0 spiro atoms. The summed E-state index contributed by atoms with van der Waals surface area (Å²) in [4.78, 5) is 0. The van der Waals surface area contributed by atoms with Crippen LogP contribution in [0.3, 0.4) is 0 Å². The normalized spacial score (nSPS) is 16.8. The highest BCUT2D eigenvalue weighted by molar-refractivity contribution is 4.71. The van der Waals surface area contributed by atoms with Gasteiger partial charge in [-0.2, -0.15) is 0 Å². The highest BCUT2D eigenvalue weighted by Gasteiger charge is 2.21. The Balaban J connectivity index is 3.84. The van der Waals surface area contributed by atoms with Crippen LogP contribution in [0.15, 0.2) is 0 Å². The maximum absolute atomic E-state index is 5.99. The molecule has 0 aromatic heterocycles. The van der Waals surface area contributed by atoms with Gasteiger partial charge in [-0.15, -0.1) is 0 Å². The van der Waals surface area contributed by atoms with E-state index in [9.17, 15) is 0 Å². The summed E-state index contributed by atoms with van der Waals surface area (Å²) in [5.41, 5.74) is 0.401. The monoisotopic (exact) mass is 242 g/mol. The predicted molar refractivity (Wildman–Crippen MR) is 77.4 cm³/mol. The molecule has 0 fully saturated rings. The summed E-state index contributed by atoms with van der Waals surface area (Å²) < 4.78 is 5.99. The minimum Gasteiger partial charge on any atom is -0.381 e. The van der Waals surface area contributed by atoms with E-state index < -0.39 is 0 Å². The highest BCUT2D eigenvalue weighted by atomic mass is 16.5. The van der Waals surface area contributed by atoms with Gasteiger partial charge in [0.2, 0.25) is 0 Å². The molecule has 0 aromatic rings. The van der Waals surface area contributed by atoms with Crippen molar-refractivity contribution in [1.82, 2.24) is 0 Å². The summed E-state index contributed by atoms with van der Waals surface area (Å²) in [5, 5.41) is 0. The summed E-state index contributed by atoms with van der Waals surface area (Å²) in [6.45, 7) is 13.4. The molecule has 0 rings (SSSR count). The molecule has 0 amide bonds. The van der Waals surface area contributed by atoms with Crippen LogP contribution in [0, 0.1) is 11.3 Å². The first-order valence-electron chi connectivity index (χ1n) is 7.69. The van der Waals surface area contributed by atoms with Crippen LogP contribution in [0.25, 0.3) is 0 Å². The van der Waals surface area contributed by atoms with Gasteiger partial charge < -0.3 is 4.74 Å². The first kappa shape index (κ1) is 17.0. The maximum atomic E-state index is 5.99. The molecule has 0 N–H and O–H groups in total. The molecule has 2 atom stereocenters. The summed E-state index contributed by atoms with van der Waals surface area (Å²) in [6, 6.07) is 0. The van der Waals surface area contributed by atoms with E-state index >= 15 is 0 Å². The van der Waals surface area contributed by atoms with Gasteiger partial charge in [-0.05, 0) is 30.6 Å². The number of rotatable bonds is 11. The fourth-order valence-electron chi connectivity index (χ4n) is 2.32. The molecule has 104 valence electrons. The number of hydrogen-bond acceptors (Lipinski definition) is 1. The van der Waals surface area contributed by atoms with Crippen molar-refractivity contribution in [3.8, 4) is 0 Å². The average Bonchev–Trinajstić information content (AvgIpc) is 2.34. The third kappa shape index (κ3) is 7.81. The van der Waals surface area contributed by atoms with Gasteiger partial charge in [-0.1, -0.05) is 60.3 Å². The molecule has 0 bridgehead atoms. The lowest BCUT2D eigenvalue weighted by Gasteiger charge is -2.28. The smallest absolute Gasteiger partial charge is 0.0519 e. The van der Waals surface area contributed by atoms with Gasteiger partial charge in [0.15, 0.2) is 0 Å². The van der Waals surface area contributed by atoms with E-state index in [2.05, 4.69) is 34.6 Å². The molecular weight excluding hydrogens is 208 g/mol. The van der Waals surface area contributed by atoms with E-state index in [1.54, 1.807) is 0 Å². The highest BCUT2D eigenvalue weighted by Crippen LogP contribution is 2.28. The van der Waals surface area contributed by atoms with Gasteiger partial charge in [0.25, 0.3) is 0 Å². The molecular formula is C16H34O. The van der Waals surface area contributed by atoms with Gasteiger partial charge >= 0.3 is 0 Å². The molecule has 0 aliphatic carbocycles. The van der Waals surface area contributed by atoms with Crippen LogP contribution in [0.5, 0.6) is 0 Å². The standard InChI is InChI=1S/C16H34O/c1-6-10-11-15(8-3)13-17-14-16(5,9-4)12-7-2/h15H,6-14H2,1-5H3/t15-,16?/m0/s1. The molecule has 0 saturated heterocycles. The largest absolute Gasteiger partial charge is 0.381 e. The van der Waals surface area contributed by atoms with Crippen molar-refractivity contribution in [3.63, 3.8) is 0 Å². The minimum absolute atomic E-state index is 0.401. The quantitative estimate of drug-likeness (QED) is 0.469. The average molecular weight is 242 g/mol. The van der Waals surface area contributed by atoms with E-state index in [0.29, 0.717) is 5.41 Å². The van der Waals surface area contributed by atoms with Gasteiger partial charge in [0, 0.05) is 6.61 Å². The summed E-state index contributed by atoms with van der Waals surface area (Å²) in [6.07, 6.45) is 9.03. The number of unbranched alkanes of at least 4 members (excludes halogenated alkanes) is 1. The molecule has 1 heteroatoms.